The summed E-state index contributed by atoms with van der Waals surface area (Å²) in [5.41, 5.74) is -0.528. The number of benzene rings is 1. The molecule has 0 aliphatic carbocycles. The molecule has 4 heterocycles. The van der Waals surface area contributed by atoms with Crippen LogP contribution in [0.25, 0.3) is 28.0 Å². The van der Waals surface area contributed by atoms with E-state index in [1.165, 1.54) is 29.2 Å². The van der Waals surface area contributed by atoms with Gasteiger partial charge in [0.2, 0.25) is 0 Å². The Bertz CT molecular complexity index is 1540. The molecule has 0 bridgehead atoms. The molecule has 5 rings (SSSR count). The highest BCUT2D eigenvalue weighted by molar-refractivity contribution is 6.05. The van der Waals surface area contributed by atoms with Crippen LogP contribution < -0.4 is 5.32 Å². The van der Waals surface area contributed by atoms with Crippen LogP contribution >= 0.6 is 0 Å². The number of hydrogen-bond donors (Lipinski definition) is 1. The SMILES string of the molecule is CCn1nnnc1-c1cncc(NC(=O)c2cnn(-c3cccc4ncccc34)c2C(F)(F)F)c1. The van der Waals surface area contributed by atoms with Crippen molar-refractivity contribution in [1.29, 1.82) is 0 Å². The Morgan fingerprint density at radius 1 is 1.11 bits per heavy atom. The van der Waals surface area contributed by atoms with Crippen LogP contribution in [0.5, 0.6) is 0 Å². The highest BCUT2D eigenvalue weighted by Crippen LogP contribution is 2.35. The molecule has 0 radical (unpaired) electrons. The molecule has 0 aliphatic heterocycles. The highest BCUT2D eigenvalue weighted by Gasteiger charge is 2.41. The van der Waals surface area contributed by atoms with Gasteiger partial charge in [0, 0.05) is 29.9 Å². The van der Waals surface area contributed by atoms with E-state index in [0.717, 1.165) is 6.20 Å². The molecule has 0 fully saturated rings. The van der Waals surface area contributed by atoms with Crippen molar-refractivity contribution in [2.24, 2.45) is 0 Å². The summed E-state index contributed by atoms with van der Waals surface area (Å²) in [6, 6.07) is 9.52. The maximum atomic E-state index is 14.2. The molecule has 176 valence electrons. The minimum atomic E-state index is -4.86. The molecule has 13 heteroatoms. The molecule has 5 aromatic rings. The van der Waals surface area contributed by atoms with E-state index in [1.54, 1.807) is 30.5 Å². The summed E-state index contributed by atoms with van der Waals surface area (Å²) in [4.78, 5) is 21.2. The van der Waals surface area contributed by atoms with Gasteiger partial charge in [-0.3, -0.25) is 14.8 Å². The summed E-state index contributed by atoms with van der Waals surface area (Å²) in [5.74, 6) is -0.583. The van der Waals surface area contributed by atoms with E-state index in [1.807, 2.05) is 6.92 Å². The van der Waals surface area contributed by atoms with Crippen LogP contribution in [0, 0.1) is 0 Å². The number of aryl methyl sites for hydroxylation is 1. The number of fused-ring (bicyclic) bond motifs is 1. The van der Waals surface area contributed by atoms with Gasteiger partial charge in [-0.15, -0.1) is 5.10 Å². The first-order valence-electron chi connectivity index (χ1n) is 10.4. The second-order valence-corrected chi connectivity index (χ2v) is 7.40. The lowest BCUT2D eigenvalue weighted by Crippen LogP contribution is -2.21. The van der Waals surface area contributed by atoms with Crippen molar-refractivity contribution in [1.82, 2.24) is 40.0 Å². The zero-order valence-corrected chi connectivity index (χ0v) is 18.1. The molecular formula is C22H16F3N9O. The van der Waals surface area contributed by atoms with Gasteiger partial charge >= 0.3 is 6.18 Å². The molecule has 0 atom stereocenters. The molecule has 0 unspecified atom stereocenters. The highest BCUT2D eigenvalue weighted by atomic mass is 19.4. The first-order valence-corrected chi connectivity index (χ1v) is 10.4. The Morgan fingerprint density at radius 2 is 1.97 bits per heavy atom. The largest absolute Gasteiger partial charge is 0.434 e. The minimum Gasteiger partial charge on any atom is -0.320 e. The number of alkyl halides is 3. The van der Waals surface area contributed by atoms with Gasteiger partial charge in [-0.2, -0.15) is 18.3 Å². The van der Waals surface area contributed by atoms with Crippen molar-refractivity contribution in [3.8, 4) is 17.1 Å². The van der Waals surface area contributed by atoms with Crippen LogP contribution in [0.4, 0.5) is 18.9 Å². The number of halogens is 3. The fraction of sp³-hybridized carbons (Fsp3) is 0.136. The van der Waals surface area contributed by atoms with E-state index in [4.69, 9.17) is 0 Å². The molecule has 1 N–H and O–H groups in total. The monoisotopic (exact) mass is 479 g/mol. The number of pyridine rings is 2. The molecule has 0 saturated carbocycles. The van der Waals surface area contributed by atoms with Crippen molar-refractivity contribution in [2.75, 3.05) is 5.32 Å². The predicted molar refractivity (Wildman–Crippen MR) is 119 cm³/mol. The first kappa shape index (κ1) is 22.1. The van der Waals surface area contributed by atoms with Crippen LogP contribution in [0.2, 0.25) is 0 Å². The van der Waals surface area contributed by atoms with Gasteiger partial charge in [0.1, 0.15) is 0 Å². The average Bonchev–Trinajstić information content (AvgIpc) is 3.51. The zero-order chi connectivity index (χ0) is 24.6. The van der Waals surface area contributed by atoms with Crippen LogP contribution in [0.1, 0.15) is 23.0 Å². The maximum Gasteiger partial charge on any atom is 0.434 e. The van der Waals surface area contributed by atoms with Gasteiger partial charge in [0.15, 0.2) is 11.5 Å². The lowest BCUT2D eigenvalue weighted by Gasteiger charge is -2.14. The van der Waals surface area contributed by atoms with Crippen LogP contribution in [-0.4, -0.2) is 45.9 Å². The van der Waals surface area contributed by atoms with Gasteiger partial charge < -0.3 is 5.32 Å². The van der Waals surface area contributed by atoms with Crippen molar-refractivity contribution in [3.05, 3.63) is 72.4 Å². The van der Waals surface area contributed by atoms with E-state index >= 15 is 0 Å². The second kappa shape index (κ2) is 8.59. The normalized spacial score (nSPS) is 11.7. The number of tetrazole rings is 1. The third-order valence-electron chi connectivity index (χ3n) is 5.22. The summed E-state index contributed by atoms with van der Waals surface area (Å²) in [6.07, 6.45) is 0.371. The summed E-state index contributed by atoms with van der Waals surface area (Å²) < 4.78 is 44.7. The second-order valence-electron chi connectivity index (χ2n) is 7.40. The van der Waals surface area contributed by atoms with Gasteiger partial charge in [-0.1, -0.05) is 6.07 Å². The maximum absolute atomic E-state index is 14.2. The Morgan fingerprint density at radius 3 is 2.77 bits per heavy atom. The molecule has 35 heavy (non-hydrogen) atoms. The van der Waals surface area contributed by atoms with Gasteiger partial charge in [0.25, 0.3) is 5.91 Å². The summed E-state index contributed by atoms with van der Waals surface area (Å²) >= 11 is 0. The number of carbonyl (C=O) groups is 1. The number of aromatic nitrogens is 8. The molecule has 0 spiro atoms. The fourth-order valence-electron chi connectivity index (χ4n) is 3.70. The third-order valence-corrected chi connectivity index (χ3v) is 5.22. The Labute approximate surface area is 195 Å². The Balaban J connectivity index is 1.53. The van der Waals surface area contributed by atoms with Crippen LogP contribution in [0.15, 0.2) is 61.2 Å². The lowest BCUT2D eigenvalue weighted by molar-refractivity contribution is -0.143. The summed E-state index contributed by atoms with van der Waals surface area (Å²) in [7, 11) is 0. The van der Waals surface area contributed by atoms with Gasteiger partial charge in [0.05, 0.1) is 34.8 Å². The van der Waals surface area contributed by atoms with Crippen molar-refractivity contribution in [2.45, 2.75) is 19.6 Å². The average molecular weight is 479 g/mol. The fourth-order valence-corrected chi connectivity index (χ4v) is 3.70. The smallest absolute Gasteiger partial charge is 0.320 e. The molecule has 0 aliphatic rings. The third kappa shape index (κ3) is 4.07. The van der Waals surface area contributed by atoms with Crippen LogP contribution in [0.3, 0.4) is 0 Å². The van der Waals surface area contributed by atoms with Gasteiger partial charge in [-0.05, 0) is 47.7 Å². The predicted octanol–water partition coefficient (Wildman–Crippen LogP) is 3.76. The first-order chi connectivity index (χ1) is 16.9. The molecule has 1 amide bonds. The van der Waals surface area contributed by atoms with E-state index in [0.29, 0.717) is 33.5 Å². The quantitative estimate of drug-likeness (QED) is 0.408. The summed E-state index contributed by atoms with van der Waals surface area (Å²) in [6.45, 7) is 2.35. The minimum absolute atomic E-state index is 0.150. The number of nitrogens with zero attached hydrogens (tertiary/aromatic N) is 8. The lowest BCUT2D eigenvalue weighted by atomic mass is 10.1. The number of nitrogens with one attached hydrogen (secondary N) is 1. The van der Waals surface area contributed by atoms with Crippen LogP contribution in [-0.2, 0) is 12.7 Å². The molecule has 10 nitrogen and oxygen atoms in total. The van der Waals surface area contributed by atoms with Crippen molar-refractivity contribution in [3.63, 3.8) is 0 Å². The number of hydrogen-bond acceptors (Lipinski definition) is 7. The van der Waals surface area contributed by atoms with E-state index < -0.39 is 23.3 Å². The van der Waals surface area contributed by atoms with E-state index in [9.17, 15) is 18.0 Å². The topological polar surface area (TPSA) is 116 Å². The van der Waals surface area contributed by atoms with E-state index in [-0.39, 0.29) is 11.4 Å². The number of carbonyl (C=O) groups excluding carboxylic acids is 1. The van der Waals surface area contributed by atoms with E-state index in [2.05, 4.69) is 35.9 Å². The van der Waals surface area contributed by atoms with Crippen molar-refractivity contribution < 1.29 is 18.0 Å². The number of amides is 1. The zero-order valence-electron chi connectivity index (χ0n) is 18.1. The van der Waals surface area contributed by atoms with Crippen molar-refractivity contribution >= 4 is 22.5 Å². The molecule has 0 saturated heterocycles. The van der Waals surface area contributed by atoms with Gasteiger partial charge in [-0.25, -0.2) is 9.36 Å². The summed E-state index contributed by atoms with van der Waals surface area (Å²) in [5, 5.41) is 18.2. The molecule has 4 aromatic heterocycles. The standard InChI is InChI=1S/C22H16F3N9O/c1-2-33-20(30-31-32-33)13-9-14(11-26-10-13)29-21(35)16-12-28-34(19(16)22(23,24)25)18-7-3-6-17-15(18)5-4-8-27-17/h3-12H,2H2,1H3,(H,29,35). The molecule has 1 aromatic carbocycles. The Hall–Kier alpha value is -4.68. The Kier molecular flexibility index (Phi) is 5.43. The number of anilines is 1. The molecular weight excluding hydrogens is 463 g/mol. The number of rotatable bonds is 5.